The van der Waals surface area contributed by atoms with Crippen LogP contribution in [0.2, 0.25) is 0 Å². The summed E-state index contributed by atoms with van der Waals surface area (Å²) in [6, 6.07) is 1.95. The van der Waals surface area contributed by atoms with E-state index in [4.69, 9.17) is 4.42 Å². The fourth-order valence-electron chi connectivity index (χ4n) is 5.21. The molecule has 1 saturated heterocycles. The highest BCUT2D eigenvalue weighted by Gasteiger charge is 2.49. The summed E-state index contributed by atoms with van der Waals surface area (Å²) in [7, 11) is 0. The predicted molar refractivity (Wildman–Crippen MR) is 121 cm³/mol. The van der Waals surface area contributed by atoms with Crippen molar-refractivity contribution in [3.63, 3.8) is 0 Å². The molecule has 3 amide bonds. The number of aryl methyl sites for hydroxylation is 1. The van der Waals surface area contributed by atoms with Crippen LogP contribution < -0.4 is 10.6 Å². The molecule has 2 aliphatic carbocycles. The zero-order valence-corrected chi connectivity index (χ0v) is 19.9. The molecule has 3 fully saturated rings. The Bertz CT molecular complexity index is 1330. The smallest absolute Gasteiger partial charge is 0.410 e. The minimum absolute atomic E-state index is 0.00190. The number of hydrogen-bond donors (Lipinski definition) is 2. The van der Waals surface area contributed by atoms with E-state index in [1.165, 1.54) is 0 Å². The van der Waals surface area contributed by atoms with Gasteiger partial charge in [0.05, 0.1) is 6.54 Å². The fraction of sp³-hybridized carbons (Fsp3) is 0.542. The van der Waals surface area contributed by atoms with Crippen LogP contribution in [-0.4, -0.2) is 50.9 Å². The van der Waals surface area contributed by atoms with E-state index in [1.54, 1.807) is 25.1 Å². The third-order valence-corrected chi connectivity index (χ3v) is 7.36. The van der Waals surface area contributed by atoms with Crippen molar-refractivity contribution in [2.24, 2.45) is 17.8 Å². The van der Waals surface area contributed by atoms with E-state index in [1.807, 2.05) is 5.32 Å². The van der Waals surface area contributed by atoms with Gasteiger partial charge in [-0.2, -0.15) is 13.2 Å². The number of alkyl halides is 3. The lowest BCUT2D eigenvalue weighted by atomic mass is 9.89. The maximum Gasteiger partial charge on any atom is 0.410 e. The van der Waals surface area contributed by atoms with Gasteiger partial charge in [-0.1, -0.05) is 11.2 Å². The van der Waals surface area contributed by atoms with Crippen molar-refractivity contribution in [2.45, 2.75) is 57.4 Å². The van der Waals surface area contributed by atoms with Crippen LogP contribution in [0.1, 0.15) is 59.4 Å². The third-order valence-electron chi connectivity index (χ3n) is 7.36. The molecule has 3 aliphatic rings. The van der Waals surface area contributed by atoms with E-state index in [-0.39, 0.29) is 18.2 Å². The number of nitrogens with one attached hydrogen (secondary N) is 2. The molecule has 3 aromatic rings. The highest BCUT2D eigenvalue weighted by Crippen LogP contribution is 2.54. The van der Waals surface area contributed by atoms with Gasteiger partial charge in [0, 0.05) is 6.54 Å². The van der Waals surface area contributed by atoms with Crippen molar-refractivity contribution in [1.29, 1.82) is 0 Å². The first kappa shape index (κ1) is 23.7. The number of carbonyl (C=O) groups excluding carboxylic acids is 2. The summed E-state index contributed by atoms with van der Waals surface area (Å²) < 4.78 is 49.8. The molecular weight excluding hydrogens is 493 g/mol. The molecule has 2 N–H and O–H groups in total. The number of amides is 3. The van der Waals surface area contributed by atoms with Crippen LogP contribution in [-0.2, 0) is 6.54 Å². The molecule has 0 spiro atoms. The van der Waals surface area contributed by atoms with Crippen molar-refractivity contribution in [3.8, 4) is 0 Å². The molecule has 6 rings (SSSR count). The van der Waals surface area contributed by atoms with E-state index in [9.17, 15) is 22.8 Å². The summed E-state index contributed by atoms with van der Waals surface area (Å²) in [4.78, 5) is 30.9. The second-order valence-corrected chi connectivity index (χ2v) is 10.2. The van der Waals surface area contributed by atoms with E-state index >= 15 is 0 Å². The first-order valence-corrected chi connectivity index (χ1v) is 12.3. The van der Waals surface area contributed by atoms with Crippen LogP contribution in [0.15, 0.2) is 27.2 Å². The van der Waals surface area contributed by atoms with E-state index in [0.29, 0.717) is 40.1 Å². The van der Waals surface area contributed by atoms with Crippen LogP contribution in [0, 0.1) is 24.7 Å². The molecule has 196 valence electrons. The van der Waals surface area contributed by atoms with Gasteiger partial charge in [-0.15, -0.1) is 0 Å². The number of benzene rings is 1. The fourth-order valence-corrected chi connectivity index (χ4v) is 5.21. The van der Waals surface area contributed by atoms with Crippen molar-refractivity contribution >= 4 is 23.0 Å². The Morgan fingerprint density at radius 3 is 2.54 bits per heavy atom. The average Bonchev–Trinajstić information content (AvgIpc) is 3.74. The van der Waals surface area contributed by atoms with Crippen LogP contribution in [0.25, 0.3) is 11.1 Å². The number of urea groups is 1. The van der Waals surface area contributed by atoms with Gasteiger partial charge in [0.1, 0.15) is 23.3 Å². The lowest BCUT2D eigenvalue weighted by Crippen LogP contribution is -2.40. The number of fused-ring (bicyclic) bond motifs is 1. The lowest BCUT2D eigenvalue weighted by Gasteiger charge is -2.25. The maximum atomic E-state index is 13.0. The molecule has 0 radical (unpaired) electrons. The van der Waals surface area contributed by atoms with Gasteiger partial charge in [-0.05, 0) is 73.2 Å². The Kier molecular flexibility index (Phi) is 5.60. The molecule has 2 atom stereocenters. The van der Waals surface area contributed by atoms with Crippen LogP contribution in [0.3, 0.4) is 0 Å². The van der Waals surface area contributed by atoms with Gasteiger partial charge in [-0.3, -0.25) is 4.79 Å². The lowest BCUT2D eigenvalue weighted by molar-refractivity contribution is -0.149. The molecule has 37 heavy (non-hydrogen) atoms. The summed E-state index contributed by atoms with van der Waals surface area (Å²) in [5.41, 5.74) is 2.10. The Morgan fingerprint density at radius 2 is 1.95 bits per heavy atom. The zero-order valence-electron chi connectivity index (χ0n) is 19.9. The predicted octanol–water partition coefficient (Wildman–Crippen LogP) is 3.88. The number of nitrogens with zero attached hydrogens (tertiary/aromatic N) is 4. The summed E-state index contributed by atoms with van der Waals surface area (Å²) >= 11 is 0. The van der Waals surface area contributed by atoms with Crippen molar-refractivity contribution < 1.29 is 31.8 Å². The normalized spacial score (nSPS) is 21.1. The second kappa shape index (κ2) is 8.73. The van der Waals surface area contributed by atoms with E-state index < -0.39 is 36.7 Å². The van der Waals surface area contributed by atoms with Gasteiger partial charge >= 0.3 is 12.2 Å². The van der Waals surface area contributed by atoms with Crippen LogP contribution in [0.4, 0.5) is 18.0 Å². The monoisotopic (exact) mass is 518 g/mol. The van der Waals surface area contributed by atoms with Crippen molar-refractivity contribution in [3.05, 3.63) is 41.0 Å². The first-order valence-electron chi connectivity index (χ1n) is 12.3. The SMILES string of the molecule is Cc1nonc1C(=O)N[C@H](c1nc2cc(CN3C[C@@H](C(F)(F)F)NC3=O)ccc2o1)C(C1CC1)C1CC1. The topological polar surface area (TPSA) is 126 Å². The molecule has 2 aromatic heterocycles. The highest BCUT2D eigenvalue weighted by molar-refractivity contribution is 5.93. The standard InChI is InChI=1S/C24H25F3N6O4/c1-11-19(32-37-31-11)21(34)30-20(18(13-3-4-13)14-5-6-14)22-28-15-8-12(2-7-16(15)36-22)9-33-10-17(24(25,26)27)29-23(33)35/h2,7-8,13-14,17-18,20H,3-6,9-10H2,1H3,(H,29,35)(H,30,34)/t17-,20-/m0/s1. The minimum atomic E-state index is -4.50. The summed E-state index contributed by atoms with van der Waals surface area (Å²) in [6.07, 6.45) is -0.174. The van der Waals surface area contributed by atoms with E-state index in [2.05, 4.69) is 25.2 Å². The second-order valence-electron chi connectivity index (χ2n) is 10.2. The number of carbonyl (C=O) groups is 2. The molecule has 0 unspecified atom stereocenters. The molecular formula is C24H25F3N6O4. The Labute approximate surface area is 208 Å². The highest BCUT2D eigenvalue weighted by atomic mass is 19.4. The number of oxazole rings is 1. The summed E-state index contributed by atoms with van der Waals surface area (Å²) in [6.45, 7) is 1.18. The number of rotatable bonds is 8. The molecule has 13 heteroatoms. The zero-order chi connectivity index (χ0) is 25.9. The molecule has 1 aromatic carbocycles. The molecule has 2 saturated carbocycles. The largest absolute Gasteiger partial charge is 0.438 e. The third kappa shape index (κ3) is 4.74. The van der Waals surface area contributed by atoms with Crippen LogP contribution in [0.5, 0.6) is 0 Å². The number of halogens is 3. The van der Waals surface area contributed by atoms with Crippen molar-refractivity contribution in [2.75, 3.05) is 6.54 Å². The van der Waals surface area contributed by atoms with Crippen LogP contribution >= 0.6 is 0 Å². The van der Waals surface area contributed by atoms with Gasteiger partial charge in [-0.25, -0.2) is 14.4 Å². The molecule has 0 bridgehead atoms. The summed E-state index contributed by atoms with van der Waals surface area (Å²) in [5, 5.41) is 12.4. The van der Waals surface area contributed by atoms with Crippen molar-refractivity contribution in [1.82, 2.24) is 30.8 Å². The maximum absolute atomic E-state index is 13.0. The average molecular weight is 518 g/mol. The Balaban J connectivity index is 1.26. The van der Waals surface area contributed by atoms with Gasteiger partial charge in [0.25, 0.3) is 5.91 Å². The quantitative estimate of drug-likeness (QED) is 0.463. The number of aromatic nitrogens is 3. The summed E-state index contributed by atoms with van der Waals surface area (Å²) in [5.74, 6) is 1.06. The number of hydrogen-bond acceptors (Lipinski definition) is 7. The Hall–Kier alpha value is -3.64. The first-order chi connectivity index (χ1) is 17.7. The van der Waals surface area contributed by atoms with E-state index in [0.717, 1.165) is 30.6 Å². The molecule has 3 heterocycles. The molecule has 1 aliphatic heterocycles. The molecule has 10 nitrogen and oxygen atoms in total. The van der Waals surface area contributed by atoms with Gasteiger partial charge in [0.15, 0.2) is 11.3 Å². The van der Waals surface area contributed by atoms with Gasteiger partial charge < -0.3 is 20.0 Å². The minimum Gasteiger partial charge on any atom is -0.438 e. The Morgan fingerprint density at radius 1 is 1.22 bits per heavy atom. The van der Waals surface area contributed by atoms with Gasteiger partial charge in [0.2, 0.25) is 5.89 Å².